The zero-order valence-electron chi connectivity index (χ0n) is 16.9. The van der Waals surface area contributed by atoms with Crippen molar-refractivity contribution in [3.05, 3.63) is 23.3 Å². The highest BCUT2D eigenvalue weighted by molar-refractivity contribution is 7.89. The number of benzene rings is 1. The minimum absolute atomic E-state index is 0.00342. The SMILES string of the molecule is COc1cc(C)c(C)cc1S(=O)(=O)N1CCC(C(=O)NC[C@@H]2CCCO2)CC1. The first-order valence-corrected chi connectivity index (χ1v) is 11.3. The highest BCUT2D eigenvalue weighted by atomic mass is 32.2. The standard InChI is InChI=1S/C20H30N2O5S/c1-14-11-18(26-3)19(12-15(14)2)28(24,25)22-8-6-16(7-9-22)20(23)21-13-17-5-4-10-27-17/h11-12,16-17H,4-10,13H2,1-3H3,(H,21,23)/t17-/m0/s1. The number of nitrogens with zero attached hydrogens (tertiary/aromatic N) is 1. The maximum atomic E-state index is 13.1. The van der Waals surface area contributed by atoms with E-state index in [-0.39, 0.29) is 22.8 Å². The van der Waals surface area contributed by atoms with Gasteiger partial charge in [-0.05, 0) is 62.8 Å². The normalized spacial score (nSPS) is 21.6. The number of amides is 1. The predicted molar refractivity (Wildman–Crippen MR) is 106 cm³/mol. The molecule has 0 bridgehead atoms. The quantitative estimate of drug-likeness (QED) is 0.775. The predicted octanol–water partition coefficient (Wildman–Crippen LogP) is 2.01. The number of ether oxygens (including phenoxy) is 2. The fourth-order valence-electron chi connectivity index (χ4n) is 3.79. The van der Waals surface area contributed by atoms with Gasteiger partial charge in [-0.3, -0.25) is 4.79 Å². The van der Waals surface area contributed by atoms with Gasteiger partial charge in [0.2, 0.25) is 15.9 Å². The minimum atomic E-state index is -3.66. The number of methoxy groups -OCH3 is 1. The van der Waals surface area contributed by atoms with E-state index in [1.54, 1.807) is 12.1 Å². The lowest BCUT2D eigenvalue weighted by molar-refractivity contribution is -0.126. The minimum Gasteiger partial charge on any atom is -0.495 e. The molecule has 1 atom stereocenters. The lowest BCUT2D eigenvalue weighted by atomic mass is 9.97. The van der Waals surface area contributed by atoms with Gasteiger partial charge in [-0.25, -0.2) is 8.42 Å². The summed E-state index contributed by atoms with van der Waals surface area (Å²) < 4.78 is 38.6. The summed E-state index contributed by atoms with van der Waals surface area (Å²) in [6.45, 7) is 5.77. The summed E-state index contributed by atoms with van der Waals surface area (Å²) in [5, 5.41) is 2.96. The number of carbonyl (C=O) groups is 1. The van der Waals surface area contributed by atoms with Gasteiger partial charge in [0.25, 0.3) is 0 Å². The molecule has 7 nitrogen and oxygen atoms in total. The molecule has 8 heteroatoms. The Morgan fingerprint density at radius 1 is 1.21 bits per heavy atom. The van der Waals surface area contributed by atoms with Crippen molar-refractivity contribution in [2.45, 2.75) is 50.5 Å². The van der Waals surface area contributed by atoms with E-state index in [0.29, 0.717) is 38.2 Å². The maximum Gasteiger partial charge on any atom is 0.246 e. The van der Waals surface area contributed by atoms with Crippen LogP contribution >= 0.6 is 0 Å². The van der Waals surface area contributed by atoms with Crippen molar-refractivity contribution in [3.63, 3.8) is 0 Å². The number of hydrogen-bond acceptors (Lipinski definition) is 5. The maximum absolute atomic E-state index is 13.1. The molecule has 3 rings (SSSR count). The molecular formula is C20H30N2O5S. The molecule has 156 valence electrons. The van der Waals surface area contributed by atoms with Crippen molar-refractivity contribution in [1.29, 1.82) is 0 Å². The van der Waals surface area contributed by atoms with E-state index in [1.165, 1.54) is 11.4 Å². The number of carbonyl (C=O) groups excluding carboxylic acids is 1. The molecule has 1 aromatic carbocycles. The zero-order valence-corrected chi connectivity index (χ0v) is 17.7. The van der Waals surface area contributed by atoms with E-state index in [2.05, 4.69) is 5.32 Å². The second kappa shape index (κ2) is 8.80. The van der Waals surface area contributed by atoms with Crippen LogP contribution < -0.4 is 10.1 Å². The Morgan fingerprint density at radius 2 is 1.89 bits per heavy atom. The van der Waals surface area contributed by atoms with Crippen LogP contribution in [0.2, 0.25) is 0 Å². The van der Waals surface area contributed by atoms with Crippen LogP contribution in [0, 0.1) is 19.8 Å². The van der Waals surface area contributed by atoms with Crippen molar-refractivity contribution >= 4 is 15.9 Å². The van der Waals surface area contributed by atoms with Gasteiger partial charge in [0.05, 0.1) is 13.2 Å². The van der Waals surface area contributed by atoms with Crippen LogP contribution in [0.25, 0.3) is 0 Å². The summed E-state index contributed by atoms with van der Waals surface area (Å²) in [5.41, 5.74) is 1.89. The van der Waals surface area contributed by atoms with Gasteiger partial charge in [-0.15, -0.1) is 0 Å². The van der Waals surface area contributed by atoms with E-state index in [4.69, 9.17) is 9.47 Å². The molecule has 2 aliphatic heterocycles. The highest BCUT2D eigenvalue weighted by Crippen LogP contribution is 2.32. The number of aryl methyl sites for hydroxylation is 2. The topological polar surface area (TPSA) is 84.9 Å². The average Bonchev–Trinajstić information content (AvgIpc) is 3.21. The van der Waals surface area contributed by atoms with Gasteiger partial charge < -0.3 is 14.8 Å². The molecule has 1 N–H and O–H groups in total. The van der Waals surface area contributed by atoms with E-state index in [0.717, 1.165) is 30.6 Å². The van der Waals surface area contributed by atoms with Crippen LogP contribution in [0.3, 0.4) is 0 Å². The smallest absolute Gasteiger partial charge is 0.246 e. The van der Waals surface area contributed by atoms with E-state index < -0.39 is 10.0 Å². The van der Waals surface area contributed by atoms with E-state index in [1.807, 2.05) is 13.8 Å². The molecule has 0 aliphatic carbocycles. The molecule has 28 heavy (non-hydrogen) atoms. The van der Waals surface area contributed by atoms with Crippen LogP contribution in [0.15, 0.2) is 17.0 Å². The molecular weight excluding hydrogens is 380 g/mol. The second-order valence-corrected chi connectivity index (χ2v) is 9.55. The van der Waals surface area contributed by atoms with Gasteiger partial charge in [0.15, 0.2) is 0 Å². The summed E-state index contributed by atoms with van der Waals surface area (Å²) in [6, 6.07) is 3.43. The summed E-state index contributed by atoms with van der Waals surface area (Å²) in [5.74, 6) is 0.199. The van der Waals surface area contributed by atoms with E-state index in [9.17, 15) is 13.2 Å². The monoisotopic (exact) mass is 410 g/mol. The van der Waals surface area contributed by atoms with Gasteiger partial charge in [0, 0.05) is 32.2 Å². The first-order chi connectivity index (χ1) is 13.3. The van der Waals surface area contributed by atoms with Crippen molar-refractivity contribution in [3.8, 4) is 5.75 Å². The molecule has 2 saturated heterocycles. The third-order valence-corrected chi connectivity index (χ3v) is 7.67. The summed E-state index contributed by atoms with van der Waals surface area (Å²) >= 11 is 0. The Bertz CT molecular complexity index is 810. The number of rotatable bonds is 6. The molecule has 2 aliphatic rings. The zero-order chi connectivity index (χ0) is 20.3. The first kappa shape index (κ1) is 21.1. The Morgan fingerprint density at radius 3 is 2.50 bits per heavy atom. The molecule has 0 radical (unpaired) electrons. The fraction of sp³-hybridized carbons (Fsp3) is 0.650. The number of nitrogens with one attached hydrogen (secondary N) is 1. The van der Waals surface area contributed by atoms with Gasteiger partial charge in [-0.1, -0.05) is 0 Å². The third-order valence-electron chi connectivity index (χ3n) is 5.75. The molecule has 2 heterocycles. The van der Waals surface area contributed by atoms with Crippen LogP contribution in [0.5, 0.6) is 5.75 Å². The van der Waals surface area contributed by atoms with Gasteiger partial charge in [-0.2, -0.15) is 4.31 Å². The lowest BCUT2D eigenvalue weighted by Gasteiger charge is -2.31. The number of hydrogen-bond donors (Lipinski definition) is 1. The number of piperidine rings is 1. The Hall–Kier alpha value is -1.64. The second-order valence-electron chi connectivity index (χ2n) is 7.65. The highest BCUT2D eigenvalue weighted by Gasteiger charge is 2.34. The van der Waals surface area contributed by atoms with Gasteiger partial charge >= 0.3 is 0 Å². The largest absolute Gasteiger partial charge is 0.495 e. The van der Waals surface area contributed by atoms with Crippen LogP contribution in [-0.2, 0) is 19.6 Å². The van der Waals surface area contributed by atoms with Crippen molar-refractivity contribution in [2.75, 3.05) is 33.4 Å². The lowest BCUT2D eigenvalue weighted by Crippen LogP contribution is -2.44. The summed E-state index contributed by atoms with van der Waals surface area (Å²) in [6.07, 6.45) is 3.17. The number of sulfonamides is 1. The third kappa shape index (κ3) is 4.50. The molecule has 2 fully saturated rings. The Balaban J connectivity index is 1.62. The molecule has 0 aromatic heterocycles. The summed E-state index contributed by atoms with van der Waals surface area (Å²) in [7, 11) is -2.18. The molecule has 1 amide bonds. The summed E-state index contributed by atoms with van der Waals surface area (Å²) in [4.78, 5) is 12.6. The molecule has 1 aromatic rings. The van der Waals surface area contributed by atoms with E-state index >= 15 is 0 Å². The van der Waals surface area contributed by atoms with Crippen LogP contribution in [0.1, 0.15) is 36.8 Å². The van der Waals surface area contributed by atoms with Crippen molar-refractivity contribution in [2.24, 2.45) is 5.92 Å². The molecule has 0 spiro atoms. The molecule has 0 saturated carbocycles. The first-order valence-electron chi connectivity index (χ1n) is 9.87. The van der Waals surface area contributed by atoms with Gasteiger partial charge in [0.1, 0.15) is 10.6 Å². The Labute approximate surface area is 167 Å². The van der Waals surface area contributed by atoms with Crippen LogP contribution in [0.4, 0.5) is 0 Å². The van der Waals surface area contributed by atoms with Crippen molar-refractivity contribution < 1.29 is 22.7 Å². The van der Waals surface area contributed by atoms with Crippen LogP contribution in [-0.4, -0.2) is 58.1 Å². The average molecular weight is 411 g/mol. The fourth-order valence-corrected chi connectivity index (χ4v) is 5.48. The molecule has 0 unspecified atom stereocenters. The van der Waals surface area contributed by atoms with Crippen molar-refractivity contribution in [1.82, 2.24) is 9.62 Å². The Kier molecular flexibility index (Phi) is 6.62.